The minimum absolute atomic E-state index is 0.330. The van der Waals surface area contributed by atoms with E-state index in [0.717, 1.165) is 25.1 Å². The maximum absolute atomic E-state index is 4.59. The normalized spacial score (nSPS) is 22.2. The SMILES string of the molecule is C=C1C2=CC(C(C)C(=C)C)=C(CC)C(=C)N2C/C1=C1\CCCc2c(C)ccc(C)c21. The van der Waals surface area contributed by atoms with Crippen molar-refractivity contribution in [1.29, 1.82) is 0 Å². The van der Waals surface area contributed by atoms with Crippen LogP contribution in [-0.2, 0) is 6.42 Å². The molecule has 1 fully saturated rings. The van der Waals surface area contributed by atoms with Crippen molar-refractivity contribution in [2.75, 3.05) is 6.54 Å². The molecule has 3 aliphatic rings. The molecule has 0 bridgehead atoms. The van der Waals surface area contributed by atoms with Gasteiger partial charge in [-0.2, -0.15) is 0 Å². The zero-order valence-corrected chi connectivity index (χ0v) is 19.4. The van der Waals surface area contributed by atoms with Crippen LogP contribution in [0.3, 0.4) is 0 Å². The van der Waals surface area contributed by atoms with Gasteiger partial charge in [-0.25, -0.2) is 0 Å². The van der Waals surface area contributed by atoms with E-state index in [1.165, 1.54) is 74.2 Å². The summed E-state index contributed by atoms with van der Waals surface area (Å²) in [6.45, 7) is 25.4. The molecule has 1 heteroatoms. The van der Waals surface area contributed by atoms with Crippen molar-refractivity contribution in [2.45, 2.75) is 60.3 Å². The van der Waals surface area contributed by atoms with Crippen LogP contribution in [0.1, 0.15) is 62.3 Å². The Bertz CT molecular complexity index is 1070. The van der Waals surface area contributed by atoms with E-state index < -0.39 is 0 Å². The third-order valence-electron chi connectivity index (χ3n) is 7.43. The molecular weight excluding hydrogens is 362 g/mol. The topological polar surface area (TPSA) is 3.24 Å². The molecule has 0 amide bonds. The molecule has 1 atom stereocenters. The molecule has 1 saturated heterocycles. The van der Waals surface area contributed by atoms with Crippen molar-refractivity contribution in [2.24, 2.45) is 5.92 Å². The lowest BCUT2D eigenvalue weighted by Gasteiger charge is -2.32. The number of allylic oxidation sites excluding steroid dienone is 6. The van der Waals surface area contributed by atoms with Crippen molar-refractivity contribution in [3.05, 3.63) is 99.5 Å². The first kappa shape index (κ1) is 20.7. The van der Waals surface area contributed by atoms with Crippen LogP contribution in [0.2, 0.25) is 0 Å². The predicted molar refractivity (Wildman–Crippen MR) is 130 cm³/mol. The third-order valence-corrected chi connectivity index (χ3v) is 7.43. The second-order valence-corrected chi connectivity index (χ2v) is 9.26. The molecule has 30 heavy (non-hydrogen) atoms. The molecule has 2 heterocycles. The van der Waals surface area contributed by atoms with Crippen LogP contribution in [0.25, 0.3) is 5.57 Å². The van der Waals surface area contributed by atoms with E-state index in [4.69, 9.17) is 0 Å². The van der Waals surface area contributed by atoms with Crippen LogP contribution < -0.4 is 0 Å². The number of hydrogen-bond acceptors (Lipinski definition) is 1. The van der Waals surface area contributed by atoms with Crippen molar-refractivity contribution in [3.63, 3.8) is 0 Å². The Morgan fingerprint density at radius 1 is 1.10 bits per heavy atom. The van der Waals surface area contributed by atoms with Gasteiger partial charge in [-0.3, -0.25) is 0 Å². The minimum atomic E-state index is 0.330. The molecule has 1 aromatic carbocycles. The summed E-state index contributed by atoms with van der Waals surface area (Å²) in [5, 5.41) is 0. The molecule has 0 saturated carbocycles. The Labute approximate surface area is 182 Å². The van der Waals surface area contributed by atoms with Crippen molar-refractivity contribution < 1.29 is 0 Å². The molecule has 1 aliphatic carbocycles. The van der Waals surface area contributed by atoms with E-state index >= 15 is 0 Å². The first-order chi connectivity index (χ1) is 14.3. The number of rotatable bonds is 3. The molecular formula is C29H35N. The van der Waals surface area contributed by atoms with Gasteiger partial charge in [-0.15, -0.1) is 0 Å². The summed E-state index contributed by atoms with van der Waals surface area (Å²) < 4.78 is 0. The van der Waals surface area contributed by atoms with Gasteiger partial charge >= 0.3 is 0 Å². The van der Waals surface area contributed by atoms with Crippen LogP contribution in [-0.4, -0.2) is 11.4 Å². The van der Waals surface area contributed by atoms with Gasteiger partial charge in [-0.1, -0.05) is 51.3 Å². The Morgan fingerprint density at radius 3 is 2.47 bits per heavy atom. The van der Waals surface area contributed by atoms with Crippen LogP contribution in [0.15, 0.2) is 77.2 Å². The Kier molecular flexibility index (Phi) is 5.26. The summed E-state index contributed by atoms with van der Waals surface area (Å²) in [5.74, 6) is 0.330. The lowest BCUT2D eigenvalue weighted by Crippen LogP contribution is -2.24. The molecule has 0 aromatic heterocycles. The molecule has 2 aliphatic heterocycles. The first-order valence-corrected chi connectivity index (χ1v) is 11.3. The van der Waals surface area contributed by atoms with Crippen LogP contribution in [0, 0.1) is 19.8 Å². The highest BCUT2D eigenvalue weighted by molar-refractivity contribution is 5.82. The van der Waals surface area contributed by atoms with Crippen LogP contribution >= 0.6 is 0 Å². The number of hydrogen-bond donors (Lipinski definition) is 0. The second kappa shape index (κ2) is 7.61. The number of nitrogens with zero attached hydrogens (tertiary/aromatic N) is 1. The van der Waals surface area contributed by atoms with Gasteiger partial charge in [0.2, 0.25) is 0 Å². The second-order valence-electron chi connectivity index (χ2n) is 9.26. The zero-order valence-electron chi connectivity index (χ0n) is 19.4. The Balaban J connectivity index is 1.86. The fourth-order valence-corrected chi connectivity index (χ4v) is 5.44. The molecule has 156 valence electrons. The molecule has 1 aromatic rings. The molecule has 0 radical (unpaired) electrons. The molecule has 0 N–H and O–H groups in total. The smallest absolute Gasteiger partial charge is 0.0491 e. The maximum Gasteiger partial charge on any atom is 0.0491 e. The maximum atomic E-state index is 4.59. The lowest BCUT2D eigenvalue weighted by atomic mass is 9.79. The zero-order chi connectivity index (χ0) is 21.7. The molecule has 0 spiro atoms. The number of fused-ring (bicyclic) bond motifs is 2. The fourth-order valence-electron chi connectivity index (χ4n) is 5.44. The summed E-state index contributed by atoms with van der Waals surface area (Å²) in [7, 11) is 0. The Hall–Kier alpha value is -2.54. The van der Waals surface area contributed by atoms with E-state index in [-0.39, 0.29) is 0 Å². The minimum Gasteiger partial charge on any atom is -0.337 e. The van der Waals surface area contributed by atoms with E-state index in [1.54, 1.807) is 0 Å². The van der Waals surface area contributed by atoms with Gasteiger partial charge in [0.05, 0.1) is 0 Å². The lowest BCUT2D eigenvalue weighted by molar-refractivity contribution is 0.502. The molecule has 1 unspecified atom stereocenters. The fraction of sp³-hybridized carbons (Fsp3) is 0.379. The average Bonchev–Trinajstić information content (AvgIpc) is 3.06. The standard InChI is InChI=1S/C29H35N/c1-9-23-22(8)30-16-27(21(7)28(30)15-26(23)20(6)17(2)3)25-12-10-11-24-18(4)13-14-19(5)29(24)25/h13-15,20H,2,7-12,16H2,1,3-6H3/b27-25-. The van der Waals surface area contributed by atoms with Gasteiger partial charge < -0.3 is 4.90 Å². The van der Waals surface area contributed by atoms with Crippen molar-refractivity contribution in [1.82, 2.24) is 4.90 Å². The average molecular weight is 398 g/mol. The molecule has 4 rings (SSSR count). The van der Waals surface area contributed by atoms with Gasteiger partial charge in [0.15, 0.2) is 0 Å². The summed E-state index contributed by atoms with van der Waals surface area (Å²) in [4.78, 5) is 2.40. The van der Waals surface area contributed by atoms with Gasteiger partial charge in [-0.05, 0) is 103 Å². The Morgan fingerprint density at radius 2 is 1.80 bits per heavy atom. The van der Waals surface area contributed by atoms with E-state index in [9.17, 15) is 0 Å². The largest absolute Gasteiger partial charge is 0.337 e. The van der Waals surface area contributed by atoms with Crippen LogP contribution in [0.5, 0.6) is 0 Å². The summed E-state index contributed by atoms with van der Waals surface area (Å²) in [6, 6.07) is 4.56. The number of benzene rings is 1. The van der Waals surface area contributed by atoms with Gasteiger partial charge in [0.1, 0.15) is 0 Å². The van der Waals surface area contributed by atoms with Gasteiger partial charge in [0, 0.05) is 23.9 Å². The van der Waals surface area contributed by atoms with Crippen molar-refractivity contribution >= 4 is 5.57 Å². The first-order valence-electron chi connectivity index (χ1n) is 11.3. The van der Waals surface area contributed by atoms with Gasteiger partial charge in [0.25, 0.3) is 0 Å². The predicted octanol–water partition coefficient (Wildman–Crippen LogP) is 7.60. The third kappa shape index (κ3) is 3.07. The highest BCUT2D eigenvalue weighted by Crippen LogP contribution is 2.47. The highest BCUT2D eigenvalue weighted by atomic mass is 15.2. The highest BCUT2D eigenvalue weighted by Gasteiger charge is 2.35. The summed E-state index contributed by atoms with van der Waals surface area (Å²) in [5.41, 5.74) is 16.3. The van der Waals surface area contributed by atoms with E-state index in [1.807, 2.05) is 0 Å². The van der Waals surface area contributed by atoms with Crippen molar-refractivity contribution in [3.8, 4) is 0 Å². The number of aryl methyl sites for hydroxylation is 2. The van der Waals surface area contributed by atoms with Crippen LogP contribution in [0.4, 0.5) is 0 Å². The molecule has 1 nitrogen and oxygen atoms in total. The van der Waals surface area contributed by atoms with E-state index in [0.29, 0.717) is 5.92 Å². The quantitative estimate of drug-likeness (QED) is 0.475. The summed E-state index contributed by atoms with van der Waals surface area (Å²) >= 11 is 0. The monoisotopic (exact) mass is 397 g/mol. The van der Waals surface area contributed by atoms with E-state index in [2.05, 4.69) is 77.5 Å². The summed E-state index contributed by atoms with van der Waals surface area (Å²) in [6.07, 6.45) is 6.91.